The predicted molar refractivity (Wildman–Crippen MR) is 108 cm³/mol. The summed E-state index contributed by atoms with van der Waals surface area (Å²) in [5.74, 6) is -2.22. The number of ketones is 1. The third-order valence-electron chi connectivity index (χ3n) is 8.10. The molecule has 3 fully saturated rings. The molecule has 162 valence electrons. The summed E-state index contributed by atoms with van der Waals surface area (Å²) in [5, 5.41) is 0. The molecule has 1 aliphatic heterocycles. The number of hydrogen-bond acceptors (Lipinski definition) is 6. The molecule has 0 radical (unpaired) electrons. The number of rotatable bonds is 5. The van der Waals surface area contributed by atoms with Crippen LogP contribution in [0.25, 0.3) is 0 Å². The Hall–Kier alpha value is -2.21. The molecule has 0 spiro atoms. The fourth-order valence-corrected chi connectivity index (χ4v) is 6.19. The molecule has 6 nitrogen and oxygen atoms in total. The zero-order chi connectivity index (χ0) is 21.5. The van der Waals surface area contributed by atoms with Crippen LogP contribution in [-0.4, -0.2) is 38.0 Å². The molecular formula is C24H30O6. The highest BCUT2D eigenvalue weighted by atomic mass is 16.5. The van der Waals surface area contributed by atoms with Crippen molar-refractivity contribution in [3.05, 3.63) is 35.9 Å². The Labute approximate surface area is 177 Å². The highest BCUT2D eigenvalue weighted by Crippen LogP contribution is 2.64. The highest BCUT2D eigenvalue weighted by molar-refractivity contribution is 6.03. The molecule has 0 N–H and O–H groups in total. The van der Waals surface area contributed by atoms with Gasteiger partial charge in [0.05, 0.1) is 32.3 Å². The Bertz CT molecular complexity index is 835. The van der Waals surface area contributed by atoms with Crippen LogP contribution in [0.15, 0.2) is 30.3 Å². The molecule has 0 bridgehead atoms. The molecule has 2 aliphatic carbocycles. The molecule has 0 aromatic heterocycles. The van der Waals surface area contributed by atoms with Gasteiger partial charge in [0.15, 0.2) is 0 Å². The van der Waals surface area contributed by atoms with Crippen molar-refractivity contribution in [3.63, 3.8) is 0 Å². The number of hydrogen-bond donors (Lipinski definition) is 0. The first-order valence-corrected chi connectivity index (χ1v) is 10.7. The summed E-state index contributed by atoms with van der Waals surface area (Å²) in [5.41, 5.74) is -0.206. The fraction of sp³-hybridized carbons (Fsp3) is 0.625. The molecule has 1 aromatic carbocycles. The van der Waals surface area contributed by atoms with Gasteiger partial charge in [-0.1, -0.05) is 44.2 Å². The summed E-state index contributed by atoms with van der Waals surface area (Å²) < 4.78 is 16.7. The van der Waals surface area contributed by atoms with Crippen LogP contribution in [0.1, 0.15) is 38.7 Å². The smallest absolute Gasteiger partial charge is 0.316 e. The Kier molecular flexibility index (Phi) is 5.47. The highest BCUT2D eigenvalue weighted by Gasteiger charge is 2.69. The van der Waals surface area contributed by atoms with Crippen LogP contribution >= 0.6 is 0 Å². The zero-order valence-electron chi connectivity index (χ0n) is 17.9. The van der Waals surface area contributed by atoms with Gasteiger partial charge in [-0.3, -0.25) is 14.4 Å². The molecule has 6 heteroatoms. The quantitative estimate of drug-likeness (QED) is 0.544. The number of fused-ring (bicyclic) bond motifs is 3. The van der Waals surface area contributed by atoms with Gasteiger partial charge in [0.1, 0.15) is 11.7 Å². The van der Waals surface area contributed by atoms with E-state index in [1.165, 1.54) is 7.11 Å². The summed E-state index contributed by atoms with van der Waals surface area (Å²) in [6, 6.07) is 9.95. The van der Waals surface area contributed by atoms with Crippen molar-refractivity contribution in [1.29, 1.82) is 0 Å². The first kappa shape index (κ1) is 21.0. The van der Waals surface area contributed by atoms with Gasteiger partial charge in [-0.2, -0.15) is 0 Å². The van der Waals surface area contributed by atoms with Crippen LogP contribution in [0.2, 0.25) is 0 Å². The molecule has 1 heterocycles. The van der Waals surface area contributed by atoms with E-state index in [1.807, 2.05) is 30.3 Å². The van der Waals surface area contributed by atoms with E-state index in [1.54, 1.807) is 0 Å². The minimum absolute atomic E-state index is 0.107. The van der Waals surface area contributed by atoms with Gasteiger partial charge >= 0.3 is 11.9 Å². The lowest BCUT2D eigenvalue weighted by atomic mass is 9.43. The lowest BCUT2D eigenvalue weighted by molar-refractivity contribution is -0.194. The van der Waals surface area contributed by atoms with Crippen LogP contribution < -0.4 is 0 Å². The summed E-state index contributed by atoms with van der Waals surface area (Å²) in [4.78, 5) is 38.5. The molecule has 30 heavy (non-hydrogen) atoms. The Balaban J connectivity index is 1.66. The van der Waals surface area contributed by atoms with E-state index in [9.17, 15) is 14.4 Å². The second-order valence-corrected chi connectivity index (χ2v) is 9.39. The third kappa shape index (κ3) is 3.08. The van der Waals surface area contributed by atoms with Gasteiger partial charge in [-0.15, -0.1) is 0 Å². The van der Waals surface area contributed by atoms with Crippen LogP contribution in [-0.2, 0) is 35.2 Å². The number of carbonyl (C=O) groups is 3. The average molecular weight is 414 g/mol. The summed E-state index contributed by atoms with van der Waals surface area (Å²) in [6.07, 6.45) is 1.59. The summed E-state index contributed by atoms with van der Waals surface area (Å²) >= 11 is 0. The lowest BCUT2D eigenvalue weighted by Crippen LogP contribution is -2.63. The molecular weight excluding hydrogens is 384 g/mol. The van der Waals surface area contributed by atoms with Gasteiger partial charge in [0, 0.05) is 12.3 Å². The van der Waals surface area contributed by atoms with E-state index in [0.717, 1.165) is 12.0 Å². The van der Waals surface area contributed by atoms with Crippen molar-refractivity contribution in [1.82, 2.24) is 0 Å². The van der Waals surface area contributed by atoms with E-state index in [2.05, 4.69) is 13.8 Å². The number of carbonyl (C=O) groups excluding carboxylic acids is 3. The van der Waals surface area contributed by atoms with E-state index in [0.29, 0.717) is 19.6 Å². The van der Waals surface area contributed by atoms with Gasteiger partial charge in [-0.25, -0.2) is 0 Å². The number of ether oxygens (including phenoxy) is 3. The van der Waals surface area contributed by atoms with Crippen molar-refractivity contribution in [2.75, 3.05) is 20.3 Å². The molecule has 0 unspecified atom stereocenters. The molecule has 2 saturated carbocycles. The number of cyclic esters (lactones) is 1. The largest absolute Gasteiger partial charge is 0.469 e. The summed E-state index contributed by atoms with van der Waals surface area (Å²) in [7, 11) is 1.39. The lowest BCUT2D eigenvalue weighted by Gasteiger charge is -2.59. The van der Waals surface area contributed by atoms with E-state index >= 15 is 0 Å². The van der Waals surface area contributed by atoms with Crippen LogP contribution in [0.3, 0.4) is 0 Å². The maximum absolute atomic E-state index is 13.2. The van der Waals surface area contributed by atoms with Crippen molar-refractivity contribution in [2.45, 2.75) is 39.7 Å². The molecule has 0 amide bonds. The molecule has 4 rings (SSSR count). The van der Waals surface area contributed by atoms with Crippen molar-refractivity contribution >= 4 is 17.7 Å². The standard InChI is InChI=1S/C24H30O6/c1-15-9-10-24(22(27)28-3)17-13-30-21(26)20(17)18(25)11-19(24)23(15,2)14-29-12-16-7-5-4-6-8-16/h4-8,15,17,19-20H,9-14H2,1-3H3/t15-,17+,19-,20-,23-,24+/m0/s1. The summed E-state index contributed by atoms with van der Waals surface area (Å²) in [6.45, 7) is 5.31. The second-order valence-electron chi connectivity index (χ2n) is 9.39. The minimum atomic E-state index is -0.892. The zero-order valence-corrected chi connectivity index (χ0v) is 17.9. The first-order chi connectivity index (χ1) is 14.3. The third-order valence-corrected chi connectivity index (χ3v) is 8.10. The number of Topliss-reactive ketones (excluding diaryl/α,β-unsaturated/α-hetero) is 1. The number of esters is 2. The van der Waals surface area contributed by atoms with Gasteiger partial charge in [-0.05, 0) is 35.7 Å². The van der Waals surface area contributed by atoms with Crippen LogP contribution in [0, 0.1) is 34.5 Å². The fourth-order valence-electron chi connectivity index (χ4n) is 6.19. The second kappa shape index (κ2) is 7.80. The maximum atomic E-state index is 13.2. The SMILES string of the molecule is COC(=O)[C@@]12CC[C@H](C)[C@](C)(COCc3ccccc3)[C@@H]1CC(=O)[C@H]1C(=O)OC[C@H]12. The topological polar surface area (TPSA) is 78.9 Å². The first-order valence-electron chi connectivity index (χ1n) is 10.7. The van der Waals surface area contributed by atoms with Crippen molar-refractivity contribution < 1.29 is 28.6 Å². The molecule has 1 aromatic rings. The van der Waals surface area contributed by atoms with Crippen LogP contribution in [0.5, 0.6) is 0 Å². The molecule has 3 aliphatic rings. The van der Waals surface area contributed by atoms with E-state index in [-0.39, 0.29) is 36.6 Å². The Morgan fingerprint density at radius 2 is 1.97 bits per heavy atom. The Morgan fingerprint density at radius 1 is 1.23 bits per heavy atom. The van der Waals surface area contributed by atoms with Gasteiger partial charge in [0.25, 0.3) is 0 Å². The van der Waals surface area contributed by atoms with Crippen LogP contribution in [0.4, 0.5) is 0 Å². The maximum Gasteiger partial charge on any atom is 0.316 e. The predicted octanol–water partition coefficient (Wildman–Crippen LogP) is 3.18. The molecule has 1 saturated heterocycles. The van der Waals surface area contributed by atoms with Gasteiger partial charge < -0.3 is 14.2 Å². The van der Waals surface area contributed by atoms with E-state index < -0.39 is 28.6 Å². The molecule has 6 atom stereocenters. The minimum Gasteiger partial charge on any atom is -0.469 e. The van der Waals surface area contributed by atoms with Gasteiger partial charge in [0.2, 0.25) is 0 Å². The number of benzene rings is 1. The van der Waals surface area contributed by atoms with Crippen molar-refractivity contribution in [3.8, 4) is 0 Å². The monoisotopic (exact) mass is 414 g/mol. The average Bonchev–Trinajstić information content (AvgIpc) is 3.15. The normalized spacial score (nSPS) is 37.8. The van der Waals surface area contributed by atoms with Crippen molar-refractivity contribution in [2.24, 2.45) is 34.5 Å². The number of methoxy groups -OCH3 is 1. The van der Waals surface area contributed by atoms with E-state index in [4.69, 9.17) is 14.2 Å². The Morgan fingerprint density at radius 3 is 2.67 bits per heavy atom.